The van der Waals surface area contributed by atoms with Crippen molar-refractivity contribution in [1.82, 2.24) is 0 Å². The smallest absolute Gasteiger partial charge is 0.126 e. The number of hydrogen-bond donors (Lipinski definition) is 1. The van der Waals surface area contributed by atoms with E-state index in [9.17, 15) is 5.11 Å². The Morgan fingerprint density at radius 3 is 2.68 bits per heavy atom. The van der Waals surface area contributed by atoms with Crippen molar-refractivity contribution < 1.29 is 9.84 Å². The summed E-state index contributed by atoms with van der Waals surface area (Å²) in [6.45, 7) is 5.09. The second kappa shape index (κ2) is 6.29. The largest absolute Gasteiger partial charge is 0.496 e. The van der Waals surface area contributed by atoms with Gasteiger partial charge in [-0.2, -0.15) is 0 Å². The van der Waals surface area contributed by atoms with Gasteiger partial charge in [-0.05, 0) is 38.3 Å². The summed E-state index contributed by atoms with van der Waals surface area (Å²) in [6, 6.07) is 6.70. The van der Waals surface area contributed by atoms with Gasteiger partial charge in [0.2, 0.25) is 0 Å². The van der Waals surface area contributed by atoms with Crippen LogP contribution in [0, 0.1) is 0 Å². The first kappa shape index (κ1) is 14.2. The van der Waals surface area contributed by atoms with Crippen molar-refractivity contribution in [2.24, 2.45) is 0 Å². The van der Waals surface area contributed by atoms with Crippen molar-refractivity contribution in [3.05, 3.63) is 23.8 Å². The molecule has 0 heterocycles. The molecule has 1 aliphatic rings. The normalized spacial score (nSPS) is 16.2. The summed E-state index contributed by atoms with van der Waals surface area (Å²) in [5.74, 6) is 0.787. The minimum atomic E-state index is -0.506. The third-order valence-electron chi connectivity index (χ3n) is 3.73. The standard InChI is InChI=1S/C16H25NO2/c1-4-5-11-17(13-9-10-13)14-7-6-8-15(19-3)16(14)12(2)18/h6-8,12-13,18H,4-5,9-11H2,1-3H3/t12-/m1/s1. The fourth-order valence-electron chi connectivity index (χ4n) is 2.60. The number of anilines is 1. The summed E-state index contributed by atoms with van der Waals surface area (Å²) in [5.41, 5.74) is 2.07. The number of aliphatic hydroxyl groups excluding tert-OH is 1. The molecule has 1 atom stereocenters. The van der Waals surface area contributed by atoms with Crippen LogP contribution in [-0.2, 0) is 0 Å². The van der Waals surface area contributed by atoms with Crippen LogP contribution in [0.5, 0.6) is 5.75 Å². The number of benzene rings is 1. The molecule has 0 aliphatic heterocycles. The van der Waals surface area contributed by atoms with Gasteiger partial charge in [0.05, 0.1) is 13.2 Å². The van der Waals surface area contributed by atoms with Gasteiger partial charge in [0, 0.05) is 23.8 Å². The van der Waals surface area contributed by atoms with E-state index in [4.69, 9.17) is 4.74 Å². The summed E-state index contributed by atoms with van der Waals surface area (Å²) in [5, 5.41) is 10.1. The minimum Gasteiger partial charge on any atom is -0.496 e. The maximum atomic E-state index is 10.1. The van der Waals surface area contributed by atoms with Gasteiger partial charge in [0.15, 0.2) is 0 Å². The molecule has 1 aromatic rings. The summed E-state index contributed by atoms with van der Waals surface area (Å²) >= 11 is 0. The molecule has 1 aliphatic carbocycles. The van der Waals surface area contributed by atoms with Gasteiger partial charge in [-0.25, -0.2) is 0 Å². The van der Waals surface area contributed by atoms with Crippen LogP contribution in [0.2, 0.25) is 0 Å². The monoisotopic (exact) mass is 263 g/mol. The molecule has 0 radical (unpaired) electrons. The third kappa shape index (κ3) is 3.21. The van der Waals surface area contributed by atoms with E-state index in [0.29, 0.717) is 6.04 Å². The van der Waals surface area contributed by atoms with E-state index in [0.717, 1.165) is 23.5 Å². The molecule has 1 N–H and O–H groups in total. The predicted octanol–water partition coefficient (Wildman–Crippen LogP) is 3.52. The molecule has 0 saturated heterocycles. The molecule has 0 amide bonds. The topological polar surface area (TPSA) is 32.7 Å². The third-order valence-corrected chi connectivity index (χ3v) is 3.73. The van der Waals surface area contributed by atoms with Gasteiger partial charge in [-0.15, -0.1) is 0 Å². The average molecular weight is 263 g/mol. The fourth-order valence-corrected chi connectivity index (χ4v) is 2.60. The lowest BCUT2D eigenvalue weighted by atomic mass is 10.0. The molecule has 1 saturated carbocycles. The highest BCUT2D eigenvalue weighted by Gasteiger charge is 2.31. The van der Waals surface area contributed by atoms with Crippen LogP contribution in [-0.4, -0.2) is 24.8 Å². The lowest BCUT2D eigenvalue weighted by Gasteiger charge is -2.29. The van der Waals surface area contributed by atoms with E-state index < -0.39 is 6.10 Å². The minimum absolute atomic E-state index is 0.506. The van der Waals surface area contributed by atoms with Crippen LogP contribution in [0.25, 0.3) is 0 Å². The van der Waals surface area contributed by atoms with E-state index in [1.54, 1.807) is 7.11 Å². The molecule has 0 bridgehead atoms. The van der Waals surface area contributed by atoms with Crippen LogP contribution < -0.4 is 9.64 Å². The van der Waals surface area contributed by atoms with Crippen molar-refractivity contribution in [3.63, 3.8) is 0 Å². The molecule has 0 unspecified atom stereocenters. The lowest BCUT2D eigenvalue weighted by Crippen LogP contribution is -2.28. The summed E-state index contributed by atoms with van der Waals surface area (Å²) in [7, 11) is 1.67. The number of nitrogens with zero attached hydrogens (tertiary/aromatic N) is 1. The van der Waals surface area contributed by atoms with Crippen molar-refractivity contribution in [1.29, 1.82) is 0 Å². The molecule has 1 aromatic carbocycles. The van der Waals surface area contributed by atoms with Crippen LogP contribution in [0.1, 0.15) is 51.2 Å². The molecule has 0 aromatic heterocycles. The van der Waals surface area contributed by atoms with Crippen molar-refractivity contribution in [3.8, 4) is 5.75 Å². The van der Waals surface area contributed by atoms with Crippen LogP contribution in [0.4, 0.5) is 5.69 Å². The Hall–Kier alpha value is -1.22. The van der Waals surface area contributed by atoms with E-state index in [1.807, 2.05) is 19.1 Å². The van der Waals surface area contributed by atoms with Crippen molar-refractivity contribution >= 4 is 5.69 Å². The lowest BCUT2D eigenvalue weighted by molar-refractivity contribution is 0.194. The number of unbranched alkanes of at least 4 members (excludes halogenated alkanes) is 1. The molecule has 3 nitrogen and oxygen atoms in total. The number of hydrogen-bond acceptors (Lipinski definition) is 3. The highest BCUT2D eigenvalue weighted by atomic mass is 16.5. The van der Waals surface area contributed by atoms with Gasteiger partial charge < -0.3 is 14.7 Å². The van der Waals surface area contributed by atoms with Gasteiger partial charge in [0.1, 0.15) is 5.75 Å². The number of aliphatic hydroxyl groups is 1. The fraction of sp³-hybridized carbons (Fsp3) is 0.625. The number of methoxy groups -OCH3 is 1. The Kier molecular flexibility index (Phi) is 4.70. The van der Waals surface area contributed by atoms with Gasteiger partial charge in [-0.1, -0.05) is 19.4 Å². The van der Waals surface area contributed by atoms with Gasteiger partial charge >= 0.3 is 0 Å². The Morgan fingerprint density at radius 2 is 2.16 bits per heavy atom. The van der Waals surface area contributed by atoms with E-state index in [2.05, 4.69) is 17.9 Å². The second-order valence-corrected chi connectivity index (χ2v) is 5.35. The van der Waals surface area contributed by atoms with Crippen LogP contribution >= 0.6 is 0 Å². The average Bonchev–Trinajstić information content (AvgIpc) is 3.23. The maximum Gasteiger partial charge on any atom is 0.126 e. The summed E-state index contributed by atoms with van der Waals surface area (Å²) < 4.78 is 5.42. The molecular weight excluding hydrogens is 238 g/mol. The van der Waals surface area contributed by atoms with E-state index in [-0.39, 0.29) is 0 Å². The highest BCUT2D eigenvalue weighted by Crippen LogP contribution is 2.39. The second-order valence-electron chi connectivity index (χ2n) is 5.35. The summed E-state index contributed by atoms with van der Waals surface area (Å²) in [6.07, 6.45) is 4.40. The Balaban J connectivity index is 2.34. The molecule has 106 valence electrons. The first-order chi connectivity index (χ1) is 9.19. The quantitative estimate of drug-likeness (QED) is 0.817. The zero-order valence-electron chi connectivity index (χ0n) is 12.2. The molecule has 2 rings (SSSR count). The van der Waals surface area contributed by atoms with Crippen molar-refractivity contribution in [2.75, 3.05) is 18.6 Å². The van der Waals surface area contributed by atoms with Gasteiger partial charge in [0.25, 0.3) is 0 Å². The van der Waals surface area contributed by atoms with Crippen LogP contribution in [0.3, 0.4) is 0 Å². The highest BCUT2D eigenvalue weighted by molar-refractivity contribution is 5.61. The first-order valence-electron chi connectivity index (χ1n) is 7.30. The maximum absolute atomic E-state index is 10.1. The van der Waals surface area contributed by atoms with Crippen molar-refractivity contribution in [2.45, 2.75) is 51.7 Å². The Bertz CT molecular complexity index is 413. The molecular formula is C16H25NO2. The molecule has 1 fully saturated rings. The van der Waals surface area contributed by atoms with Gasteiger partial charge in [-0.3, -0.25) is 0 Å². The van der Waals surface area contributed by atoms with E-state index >= 15 is 0 Å². The van der Waals surface area contributed by atoms with Crippen LogP contribution in [0.15, 0.2) is 18.2 Å². The zero-order chi connectivity index (χ0) is 13.8. The Labute approximate surface area is 116 Å². The molecule has 3 heteroatoms. The molecule has 19 heavy (non-hydrogen) atoms. The number of ether oxygens (including phenoxy) is 1. The number of rotatable bonds is 7. The zero-order valence-corrected chi connectivity index (χ0v) is 12.2. The summed E-state index contributed by atoms with van der Waals surface area (Å²) in [4.78, 5) is 2.45. The molecule has 0 spiro atoms. The SMILES string of the molecule is CCCCN(c1cccc(OC)c1[C@@H](C)O)C1CC1. The van der Waals surface area contributed by atoms with E-state index in [1.165, 1.54) is 25.7 Å². The predicted molar refractivity (Wildman–Crippen MR) is 78.9 cm³/mol. The first-order valence-corrected chi connectivity index (χ1v) is 7.30. The Morgan fingerprint density at radius 1 is 1.42 bits per heavy atom.